The molecule has 2 atom stereocenters. The molecule has 2 aliphatic rings. The topological polar surface area (TPSA) is 60.6 Å². The minimum Gasteiger partial charge on any atom is -0.490 e. The van der Waals surface area contributed by atoms with Gasteiger partial charge in [-0.1, -0.05) is 6.08 Å². The Morgan fingerprint density at radius 3 is 1.73 bits per heavy atom. The van der Waals surface area contributed by atoms with Crippen LogP contribution >= 0.6 is 0 Å². The van der Waals surface area contributed by atoms with Gasteiger partial charge in [0.1, 0.15) is 36.9 Å². The predicted octanol–water partition coefficient (Wildman–Crippen LogP) is 4.37. The molecule has 0 aromatic heterocycles. The summed E-state index contributed by atoms with van der Waals surface area (Å²) in [5.41, 5.74) is 5.66. The maximum atomic E-state index is 12.7. The summed E-state index contributed by atoms with van der Waals surface area (Å²) in [5.74, 6) is 1.71. The van der Waals surface area contributed by atoms with Gasteiger partial charge in [-0.3, -0.25) is 4.79 Å². The van der Waals surface area contributed by atoms with E-state index in [-0.39, 0.29) is 18.0 Å². The summed E-state index contributed by atoms with van der Waals surface area (Å²) in [4.78, 5) is 12.7. The lowest BCUT2D eigenvalue weighted by molar-refractivity contribution is 0.104. The number of epoxide rings is 2. The van der Waals surface area contributed by atoms with E-state index in [0.717, 1.165) is 52.5 Å². The van der Waals surface area contributed by atoms with Crippen LogP contribution in [0.4, 0.5) is 0 Å². The molecule has 0 saturated carbocycles. The summed E-state index contributed by atoms with van der Waals surface area (Å²) < 4.78 is 22.1. The van der Waals surface area contributed by atoms with Crippen molar-refractivity contribution in [2.75, 3.05) is 26.4 Å². The molecular formula is C25H28O5. The zero-order valence-electron chi connectivity index (χ0n) is 18.0. The molecular weight excluding hydrogens is 380 g/mol. The van der Waals surface area contributed by atoms with Crippen molar-refractivity contribution in [2.45, 2.75) is 39.9 Å². The molecule has 30 heavy (non-hydrogen) atoms. The lowest BCUT2D eigenvalue weighted by atomic mass is 10.0. The highest BCUT2D eigenvalue weighted by atomic mass is 16.6. The molecule has 2 fully saturated rings. The second-order valence-electron chi connectivity index (χ2n) is 8.15. The molecule has 2 aliphatic heterocycles. The zero-order valence-corrected chi connectivity index (χ0v) is 18.0. The van der Waals surface area contributed by atoms with Gasteiger partial charge in [-0.05, 0) is 85.9 Å². The van der Waals surface area contributed by atoms with Crippen molar-refractivity contribution >= 4 is 11.9 Å². The maximum Gasteiger partial charge on any atom is 0.185 e. The van der Waals surface area contributed by atoms with Gasteiger partial charge in [0.15, 0.2) is 5.78 Å². The first-order valence-corrected chi connectivity index (χ1v) is 10.3. The Morgan fingerprint density at radius 1 is 0.867 bits per heavy atom. The second-order valence-corrected chi connectivity index (χ2v) is 8.15. The summed E-state index contributed by atoms with van der Waals surface area (Å²) in [6.45, 7) is 10.7. The van der Waals surface area contributed by atoms with Gasteiger partial charge in [-0.15, -0.1) is 0 Å². The lowest BCUT2D eigenvalue weighted by Crippen LogP contribution is -2.07. The summed E-state index contributed by atoms with van der Waals surface area (Å²) in [6, 6.07) is 7.84. The number of benzene rings is 2. The number of hydrogen-bond donors (Lipinski definition) is 0. The molecule has 0 N–H and O–H groups in total. The highest BCUT2D eigenvalue weighted by Gasteiger charge is 2.24. The SMILES string of the molecule is Cc1cc(C=CC(=O)c2cc(C)c(OCC3CO3)c(C)c2)cc(C)c1OCC1CO1. The molecule has 0 aliphatic carbocycles. The van der Waals surface area contributed by atoms with E-state index in [2.05, 4.69) is 0 Å². The van der Waals surface area contributed by atoms with Crippen molar-refractivity contribution in [3.8, 4) is 11.5 Å². The Labute approximate surface area is 177 Å². The predicted molar refractivity (Wildman–Crippen MR) is 116 cm³/mol. The number of hydrogen-bond acceptors (Lipinski definition) is 5. The summed E-state index contributed by atoms with van der Waals surface area (Å²) in [7, 11) is 0. The first kappa shape index (κ1) is 20.6. The van der Waals surface area contributed by atoms with Crippen LogP contribution in [0.2, 0.25) is 0 Å². The minimum atomic E-state index is -0.0280. The van der Waals surface area contributed by atoms with Crippen LogP contribution in [-0.4, -0.2) is 44.4 Å². The average molecular weight is 408 g/mol. The third-order valence-corrected chi connectivity index (χ3v) is 5.29. The normalized spacial score (nSPS) is 19.7. The van der Waals surface area contributed by atoms with Crippen molar-refractivity contribution < 1.29 is 23.7 Å². The van der Waals surface area contributed by atoms with Gasteiger partial charge in [-0.25, -0.2) is 0 Å². The molecule has 2 unspecified atom stereocenters. The third kappa shape index (κ3) is 5.10. The van der Waals surface area contributed by atoms with Gasteiger partial charge in [0, 0.05) is 5.56 Å². The summed E-state index contributed by atoms with van der Waals surface area (Å²) >= 11 is 0. The van der Waals surface area contributed by atoms with Gasteiger partial charge in [0.25, 0.3) is 0 Å². The monoisotopic (exact) mass is 408 g/mol. The van der Waals surface area contributed by atoms with Gasteiger partial charge in [-0.2, -0.15) is 0 Å². The number of carbonyl (C=O) groups is 1. The Balaban J connectivity index is 1.44. The maximum absolute atomic E-state index is 12.7. The van der Waals surface area contributed by atoms with Crippen LogP contribution in [0.5, 0.6) is 11.5 Å². The number of ketones is 1. The molecule has 0 radical (unpaired) electrons. The molecule has 4 rings (SSSR count). The first-order chi connectivity index (χ1) is 14.4. The van der Waals surface area contributed by atoms with E-state index in [1.165, 1.54) is 0 Å². The van der Waals surface area contributed by atoms with Gasteiger partial charge < -0.3 is 18.9 Å². The van der Waals surface area contributed by atoms with Gasteiger partial charge >= 0.3 is 0 Å². The Hall–Kier alpha value is -2.63. The van der Waals surface area contributed by atoms with Crippen molar-refractivity contribution in [1.82, 2.24) is 0 Å². The third-order valence-electron chi connectivity index (χ3n) is 5.29. The van der Waals surface area contributed by atoms with E-state index in [1.54, 1.807) is 6.08 Å². The van der Waals surface area contributed by atoms with Crippen molar-refractivity contribution in [1.29, 1.82) is 0 Å². The van der Waals surface area contributed by atoms with E-state index >= 15 is 0 Å². The highest BCUT2D eigenvalue weighted by Crippen LogP contribution is 2.28. The Kier molecular flexibility index (Phi) is 5.93. The van der Waals surface area contributed by atoms with Crippen molar-refractivity contribution in [3.05, 3.63) is 63.7 Å². The summed E-state index contributed by atoms with van der Waals surface area (Å²) in [5, 5.41) is 0. The van der Waals surface area contributed by atoms with E-state index in [1.807, 2.05) is 58.0 Å². The molecule has 158 valence electrons. The van der Waals surface area contributed by atoms with Crippen LogP contribution < -0.4 is 9.47 Å². The smallest absolute Gasteiger partial charge is 0.185 e. The van der Waals surface area contributed by atoms with Gasteiger partial charge in [0.2, 0.25) is 0 Å². The highest BCUT2D eigenvalue weighted by molar-refractivity contribution is 6.07. The Bertz CT molecular complexity index is 937. The number of carbonyl (C=O) groups excluding carboxylic acids is 1. The van der Waals surface area contributed by atoms with Crippen molar-refractivity contribution in [3.63, 3.8) is 0 Å². The molecule has 0 bridgehead atoms. The largest absolute Gasteiger partial charge is 0.490 e. The standard InChI is InChI=1S/C25H28O5/c1-15-7-19(8-16(2)24(15)29-13-21-11-27-21)5-6-23(26)20-9-17(3)25(18(4)10-20)30-14-22-12-28-22/h5-10,21-22H,11-14H2,1-4H3. The average Bonchev–Trinajstić information content (AvgIpc) is 3.59. The van der Waals surface area contributed by atoms with Crippen molar-refractivity contribution in [2.24, 2.45) is 0 Å². The zero-order chi connectivity index (χ0) is 21.3. The fourth-order valence-corrected chi connectivity index (χ4v) is 3.58. The van der Waals surface area contributed by atoms with Crippen LogP contribution in [0.25, 0.3) is 6.08 Å². The number of rotatable bonds is 9. The molecule has 2 heterocycles. The molecule has 0 spiro atoms. The Morgan fingerprint density at radius 2 is 1.30 bits per heavy atom. The van der Waals surface area contributed by atoms with Crippen LogP contribution in [0, 0.1) is 27.7 Å². The molecule has 5 nitrogen and oxygen atoms in total. The quantitative estimate of drug-likeness (QED) is 0.350. The fourth-order valence-electron chi connectivity index (χ4n) is 3.58. The number of aryl methyl sites for hydroxylation is 4. The van der Waals surface area contributed by atoms with Crippen LogP contribution in [0.3, 0.4) is 0 Å². The molecule has 2 aromatic rings. The van der Waals surface area contributed by atoms with Crippen LogP contribution in [0.1, 0.15) is 38.2 Å². The fraction of sp³-hybridized carbons (Fsp3) is 0.400. The molecule has 2 saturated heterocycles. The van der Waals surface area contributed by atoms with Gasteiger partial charge in [0.05, 0.1) is 13.2 Å². The minimum absolute atomic E-state index is 0.0280. The van der Waals surface area contributed by atoms with E-state index in [4.69, 9.17) is 18.9 Å². The molecule has 2 aromatic carbocycles. The van der Waals surface area contributed by atoms with E-state index < -0.39 is 0 Å². The van der Waals surface area contributed by atoms with Crippen LogP contribution in [-0.2, 0) is 9.47 Å². The lowest BCUT2D eigenvalue weighted by Gasteiger charge is -2.13. The number of allylic oxidation sites excluding steroid dienone is 1. The molecule has 0 amide bonds. The van der Waals surface area contributed by atoms with E-state index in [9.17, 15) is 4.79 Å². The summed E-state index contributed by atoms with van der Waals surface area (Å²) in [6.07, 6.45) is 3.92. The second kappa shape index (κ2) is 8.62. The number of ether oxygens (including phenoxy) is 4. The van der Waals surface area contributed by atoms with E-state index in [0.29, 0.717) is 18.8 Å². The molecule has 5 heteroatoms. The first-order valence-electron chi connectivity index (χ1n) is 10.3. The van der Waals surface area contributed by atoms with Crippen LogP contribution in [0.15, 0.2) is 30.3 Å².